The molecule has 0 atom stereocenters. The van der Waals surface area contributed by atoms with Gasteiger partial charge in [-0.25, -0.2) is 4.39 Å². The molecule has 0 spiro atoms. The van der Waals surface area contributed by atoms with Gasteiger partial charge < -0.3 is 10.5 Å². The monoisotopic (exact) mass is 269 g/mol. The van der Waals surface area contributed by atoms with E-state index in [0.29, 0.717) is 13.2 Å². The summed E-state index contributed by atoms with van der Waals surface area (Å²) in [6.07, 6.45) is 0. The molecule has 2 nitrogen and oxygen atoms in total. The number of benzene rings is 2. The van der Waals surface area contributed by atoms with Gasteiger partial charge in [0, 0.05) is 5.56 Å². The van der Waals surface area contributed by atoms with Crippen molar-refractivity contribution in [3.8, 4) is 17.6 Å². The average Bonchev–Trinajstić information content (AvgIpc) is 2.47. The number of hydrogen-bond donors (Lipinski definition) is 1. The van der Waals surface area contributed by atoms with Crippen LogP contribution in [0, 0.1) is 24.6 Å². The van der Waals surface area contributed by atoms with Gasteiger partial charge in [0.05, 0.1) is 6.54 Å². The van der Waals surface area contributed by atoms with E-state index in [1.807, 2.05) is 31.2 Å². The zero-order valence-corrected chi connectivity index (χ0v) is 11.3. The van der Waals surface area contributed by atoms with Crippen LogP contribution in [0.3, 0.4) is 0 Å². The minimum Gasteiger partial charge on any atom is -0.486 e. The van der Waals surface area contributed by atoms with Gasteiger partial charge in [-0.2, -0.15) is 0 Å². The van der Waals surface area contributed by atoms with Crippen molar-refractivity contribution in [1.82, 2.24) is 0 Å². The van der Waals surface area contributed by atoms with Crippen LogP contribution >= 0.6 is 0 Å². The minimum atomic E-state index is -0.346. The van der Waals surface area contributed by atoms with Crippen molar-refractivity contribution < 1.29 is 9.13 Å². The fourth-order valence-electron chi connectivity index (χ4n) is 1.72. The lowest BCUT2D eigenvalue weighted by Crippen LogP contribution is -1.98. The number of ether oxygens (including phenoxy) is 1. The Morgan fingerprint density at radius 2 is 1.90 bits per heavy atom. The zero-order valence-electron chi connectivity index (χ0n) is 11.3. The van der Waals surface area contributed by atoms with Crippen LogP contribution in [0.15, 0.2) is 42.5 Å². The number of aryl methyl sites for hydroxylation is 1. The predicted octanol–water partition coefficient (Wildman–Crippen LogP) is 3.02. The predicted molar refractivity (Wildman–Crippen MR) is 77.8 cm³/mol. The highest BCUT2D eigenvalue weighted by Gasteiger charge is 2.03. The molecular formula is C17H16FNO. The van der Waals surface area contributed by atoms with E-state index >= 15 is 0 Å². The van der Waals surface area contributed by atoms with E-state index in [2.05, 4.69) is 11.8 Å². The molecule has 0 bridgehead atoms. The van der Waals surface area contributed by atoms with E-state index in [-0.39, 0.29) is 11.6 Å². The molecule has 102 valence electrons. The average molecular weight is 269 g/mol. The van der Waals surface area contributed by atoms with E-state index in [1.54, 1.807) is 12.1 Å². The fraction of sp³-hybridized carbons (Fsp3) is 0.176. The summed E-state index contributed by atoms with van der Waals surface area (Å²) in [6, 6.07) is 12.4. The number of halogens is 1. The second kappa shape index (κ2) is 6.74. The largest absolute Gasteiger partial charge is 0.486 e. The summed E-state index contributed by atoms with van der Waals surface area (Å²) in [4.78, 5) is 0. The third-order valence-electron chi connectivity index (χ3n) is 2.77. The fourth-order valence-corrected chi connectivity index (χ4v) is 1.72. The van der Waals surface area contributed by atoms with Crippen molar-refractivity contribution in [1.29, 1.82) is 0 Å². The van der Waals surface area contributed by atoms with Gasteiger partial charge in [-0.15, -0.1) is 0 Å². The molecule has 2 rings (SSSR count). The lowest BCUT2D eigenvalue weighted by atomic mass is 10.1. The van der Waals surface area contributed by atoms with Crippen LogP contribution in [0.2, 0.25) is 0 Å². The molecule has 0 heterocycles. The first-order chi connectivity index (χ1) is 9.69. The molecule has 2 aromatic rings. The molecule has 0 saturated carbocycles. The summed E-state index contributed by atoms with van der Waals surface area (Å²) in [5.74, 6) is 5.67. The van der Waals surface area contributed by atoms with Gasteiger partial charge in [0.25, 0.3) is 0 Å². The number of rotatable bonds is 3. The molecule has 3 heteroatoms. The Kier molecular flexibility index (Phi) is 4.75. The summed E-state index contributed by atoms with van der Waals surface area (Å²) in [5, 5.41) is 0. The van der Waals surface area contributed by atoms with E-state index in [1.165, 1.54) is 6.07 Å². The lowest BCUT2D eigenvalue weighted by molar-refractivity contribution is 0.290. The number of hydrogen-bond acceptors (Lipinski definition) is 2. The van der Waals surface area contributed by atoms with E-state index in [9.17, 15) is 4.39 Å². The van der Waals surface area contributed by atoms with Crippen LogP contribution in [-0.4, -0.2) is 6.54 Å². The first-order valence-corrected chi connectivity index (χ1v) is 6.36. The Balaban J connectivity index is 2.02. The summed E-state index contributed by atoms with van der Waals surface area (Å²) in [7, 11) is 0. The van der Waals surface area contributed by atoms with Gasteiger partial charge in [-0.05, 0) is 42.3 Å². The molecular weight excluding hydrogens is 253 g/mol. The van der Waals surface area contributed by atoms with Crippen molar-refractivity contribution in [3.63, 3.8) is 0 Å². The molecule has 0 saturated heterocycles. The Hall–Kier alpha value is -2.31. The number of nitrogens with two attached hydrogens (primary N) is 1. The van der Waals surface area contributed by atoms with Crippen LogP contribution in [0.1, 0.15) is 16.7 Å². The Bertz CT molecular complexity index is 638. The zero-order chi connectivity index (χ0) is 14.4. The van der Waals surface area contributed by atoms with Crippen LogP contribution < -0.4 is 10.5 Å². The molecule has 0 unspecified atom stereocenters. The van der Waals surface area contributed by atoms with Crippen molar-refractivity contribution in [2.45, 2.75) is 13.5 Å². The van der Waals surface area contributed by atoms with Crippen LogP contribution in [-0.2, 0) is 6.61 Å². The lowest BCUT2D eigenvalue weighted by Gasteiger charge is -2.08. The molecule has 0 aliphatic rings. The van der Waals surface area contributed by atoms with Crippen LogP contribution in [0.25, 0.3) is 0 Å². The smallest absolute Gasteiger partial charge is 0.165 e. The summed E-state index contributed by atoms with van der Waals surface area (Å²) in [5.41, 5.74) is 8.15. The third-order valence-corrected chi connectivity index (χ3v) is 2.77. The highest BCUT2D eigenvalue weighted by Crippen LogP contribution is 2.19. The SMILES string of the molecule is Cc1ccc(F)c(OCc2ccc(C#CCN)cc2)c1. The first-order valence-electron chi connectivity index (χ1n) is 6.36. The van der Waals surface area contributed by atoms with Gasteiger partial charge in [-0.3, -0.25) is 0 Å². The van der Waals surface area contributed by atoms with E-state index < -0.39 is 0 Å². The molecule has 0 fully saturated rings. The molecule has 0 aliphatic heterocycles. The summed E-state index contributed by atoms with van der Waals surface area (Å²) < 4.78 is 19.0. The van der Waals surface area contributed by atoms with Crippen LogP contribution in [0.5, 0.6) is 5.75 Å². The van der Waals surface area contributed by atoms with E-state index in [0.717, 1.165) is 16.7 Å². The van der Waals surface area contributed by atoms with Gasteiger partial charge in [0.1, 0.15) is 6.61 Å². The maximum Gasteiger partial charge on any atom is 0.165 e. The quantitative estimate of drug-likeness (QED) is 0.869. The second-order valence-corrected chi connectivity index (χ2v) is 4.43. The molecule has 20 heavy (non-hydrogen) atoms. The van der Waals surface area contributed by atoms with Crippen molar-refractivity contribution in [3.05, 3.63) is 65.0 Å². The van der Waals surface area contributed by atoms with Crippen molar-refractivity contribution >= 4 is 0 Å². The summed E-state index contributed by atoms with van der Waals surface area (Å²) in [6.45, 7) is 2.57. The van der Waals surface area contributed by atoms with Crippen molar-refractivity contribution in [2.75, 3.05) is 6.54 Å². The molecule has 0 radical (unpaired) electrons. The molecule has 0 amide bonds. The Labute approximate surface area is 118 Å². The molecule has 2 aromatic carbocycles. The Morgan fingerprint density at radius 1 is 1.15 bits per heavy atom. The normalized spacial score (nSPS) is 9.75. The third kappa shape index (κ3) is 3.84. The molecule has 2 N–H and O–H groups in total. The second-order valence-electron chi connectivity index (χ2n) is 4.43. The first kappa shape index (κ1) is 14.1. The van der Waals surface area contributed by atoms with Gasteiger partial charge in [0.15, 0.2) is 11.6 Å². The molecule has 0 aliphatic carbocycles. The Morgan fingerprint density at radius 3 is 2.60 bits per heavy atom. The van der Waals surface area contributed by atoms with Crippen LogP contribution in [0.4, 0.5) is 4.39 Å². The highest BCUT2D eigenvalue weighted by molar-refractivity contribution is 5.36. The van der Waals surface area contributed by atoms with Gasteiger partial charge in [-0.1, -0.05) is 30.0 Å². The van der Waals surface area contributed by atoms with Gasteiger partial charge >= 0.3 is 0 Å². The standard InChI is InChI=1S/C17H16FNO/c1-13-4-9-16(18)17(11-13)20-12-15-7-5-14(6-8-15)3-2-10-19/h4-9,11H,10,12,19H2,1H3. The topological polar surface area (TPSA) is 35.2 Å². The minimum absolute atomic E-state index is 0.275. The maximum atomic E-state index is 13.5. The molecule has 0 aromatic heterocycles. The highest BCUT2D eigenvalue weighted by atomic mass is 19.1. The summed E-state index contributed by atoms with van der Waals surface area (Å²) >= 11 is 0. The van der Waals surface area contributed by atoms with Crippen molar-refractivity contribution in [2.24, 2.45) is 5.73 Å². The maximum absolute atomic E-state index is 13.5. The van der Waals surface area contributed by atoms with Gasteiger partial charge in [0.2, 0.25) is 0 Å². The van der Waals surface area contributed by atoms with E-state index in [4.69, 9.17) is 10.5 Å².